The van der Waals surface area contributed by atoms with Gasteiger partial charge in [0.25, 0.3) is 11.1 Å². The van der Waals surface area contributed by atoms with E-state index >= 15 is 0 Å². The van der Waals surface area contributed by atoms with Gasteiger partial charge in [-0.1, -0.05) is 12.1 Å². The molecule has 1 aromatic heterocycles. The average molecular weight is 328 g/mol. The molecule has 1 aliphatic rings. The fraction of sp³-hybridized carbons (Fsp3) is 0.353. The van der Waals surface area contributed by atoms with Gasteiger partial charge in [0.15, 0.2) is 0 Å². The molecule has 0 spiro atoms. The summed E-state index contributed by atoms with van der Waals surface area (Å²) in [5, 5.41) is 2.38. The minimum atomic E-state index is -0.397. The van der Waals surface area contributed by atoms with E-state index < -0.39 is 5.56 Å². The van der Waals surface area contributed by atoms with Crippen LogP contribution in [0.5, 0.6) is 0 Å². The first-order chi connectivity index (χ1) is 11.5. The molecule has 1 fully saturated rings. The maximum absolute atomic E-state index is 12.4. The molecule has 0 radical (unpaired) electrons. The molecule has 0 aliphatic carbocycles. The molecule has 0 atom stereocenters. The molecule has 2 aromatic rings. The quantitative estimate of drug-likeness (QED) is 0.873. The minimum Gasteiger partial charge on any atom is -0.368 e. The van der Waals surface area contributed by atoms with Crippen LogP contribution in [0.3, 0.4) is 0 Å². The van der Waals surface area contributed by atoms with Crippen LogP contribution < -0.4 is 16.0 Å². The lowest BCUT2D eigenvalue weighted by molar-refractivity contribution is -0.132. The Morgan fingerprint density at radius 3 is 2.54 bits per heavy atom. The van der Waals surface area contributed by atoms with E-state index in [2.05, 4.69) is 35.1 Å². The molecule has 1 amide bonds. The molecular formula is C17H20N4O3. The van der Waals surface area contributed by atoms with E-state index in [1.54, 1.807) is 4.90 Å². The van der Waals surface area contributed by atoms with E-state index in [1.807, 2.05) is 6.07 Å². The number of nitrogens with one attached hydrogen (secondary N) is 1. The van der Waals surface area contributed by atoms with Crippen LogP contribution in [0.25, 0.3) is 0 Å². The Hall–Kier alpha value is -2.83. The Kier molecular flexibility index (Phi) is 4.50. The predicted octanol–water partition coefficient (Wildman–Crippen LogP) is 0.194. The second kappa shape index (κ2) is 6.74. The lowest BCUT2D eigenvalue weighted by Crippen LogP contribution is -2.50. The van der Waals surface area contributed by atoms with Gasteiger partial charge in [-0.25, -0.2) is 4.68 Å². The molecular weight excluding hydrogens is 308 g/mol. The number of amides is 1. The van der Waals surface area contributed by atoms with Gasteiger partial charge in [0, 0.05) is 44.0 Å². The number of nitrogens with zero attached hydrogens (tertiary/aromatic N) is 3. The van der Waals surface area contributed by atoms with Crippen LogP contribution in [0.2, 0.25) is 0 Å². The molecule has 1 aromatic carbocycles. The highest BCUT2D eigenvalue weighted by Gasteiger charge is 2.21. The van der Waals surface area contributed by atoms with Crippen LogP contribution in [0, 0.1) is 6.92 Å². The number of benzene rings is 1. The summed E-state index contributed by atoms with van der Waals surface area (Å²) in [6, 6.07) is 10.6. The second-order valence-corrected chi connectivity index (χ2v) is 5.94. The molecule has 2 heterocycles. The minimum absolute atomic E-state index is 0.140. The number of hydrogen-bond donors (Lipinski definition) is 1. The summed E-state index contributed by atoms with van der Waals surface area (Å²) < 4.78 is 1.05. The third-order valence-corrected chi connectivity index (χ3v) is 4.18. The topological polar surface area (TPSA) is 78.4 Å². The van der Waals surface area contributed by atoms with Crippen LogP contribution in [-0.4, -0.2) is 46.8 Å². The highest BCUT2D eigenvalue weighted by atomic mass is 16.2. The average Bonchev–Trinajstić information content (AvgIpc) is 2.58. The van der Waals surface area contributed by atoms with Gasteiger partial charge in [0.2, 0.25) is 5.91 Å². The Labute approximate surface area is 139 Å². The van der Waals surface area contributed by atoms with Crippen LogP contribution in [0.15, 0.2) is 46.0 Å². The molecule has 0 saturated carbocycles. The van der Waals surface area contributed by atoms with Gasteiger partial charge in [-0.05, 0) is 24.6 Å². The molecule has 1 N–H and O–H groups in total. The van der Waals surface area contributed by atoms with Crippen molar-refractivity contribution in [3.05, 3.63) is 62.7 Å². The van der Waals surface area contributed by atoms with Crippen molar-refractivity contribution in [1.82, 2.24) is 14.7 Å². The zero-order chi connectivity index (χ0) is 17.1. The highest BCUT2D eigenvalue weighted by Crippen LogP contribution is 2.17. The lowest BCUT2D eigenvalue weighted by Gasteiger charge is -2.36. The molecule has 0 bridgehead atoms. The van der Waals surface area contributed by atoms with Gasteiger partial charge in [0.1, 0.15) is 6.54 Å². The van der Waals surface area contributed by atoms with Crippen molar-refractivity contribution in [3.8, 4) is 0 Å². The lowest BCUT2D eigenvalue weighted by atomic mass is 10.2. The van der Waals surface area contributed by atoms with E-state index in [0.717, 1.165) is 29.5 Å². The molecule has 3 rings (SSSR count). The van der Waals surface area contributed by atoms with Gasteiger partial charge >= 0.3 is 0 Å². The van der Waals surface area contributed by atoms with E-state index in [1.165, 1.54) is 11.6 Å². The number of aryl methyl sites for hydroxylation is 1. The van der Waals surface area contributed by atoms with Gasteiger partial charge < -0.3 is 9.80 Å². The van der Waals surface area contributed by atoms with Gasteiger partial charge in [-0.2, -0.15) is 0 Å². The fourth-order valence-corrected chi connectivity index (χ4v) is 2.85. The third-order valence-electron chi connectivity index (χ3n) is 4.18. The van der Waals surface area contributed by atoms with Crippen molar-refractivity contribution in [2.75, 3.05) is 31.1 Å². The maximum Gasteiger partial charge on any atom is 0.265 e. The summed E-state index contributed by atoms with van der Waals surface area (Å²) in [7, 11) is 0. The highest BCUT2D eigenvalue weighted by molar-refractivity contribution is 5.76. The SMILES string of the molecule is Cc1cccc(N2CCN(C(=O)Cn3[nH]c(=O)ccc3=O)CC2)c1. The number of hydrogen-bond acceptors (Lipinski definition) is 4. The van der Waals surface area contributed by atoms with Crippen molar-refractivity contribution in [3.63, 3.8) is 0 Å². The summed E-state index contributed by atoms with van der Waals surface area (Å²) in [5.74, 6) is -0.164. The number of aromatic nitrogens is 2. The first-order valence-corrected chi connectivity index (χ1v) is 7.92. The summed E-state index contributed by atoms with van der Waals surface area (Å²) in [5.41, 5.74) is 1.58. The molecule has 1 aliphatic heterocycles. The molecule has 7 heteroatoms. The number of piperazine rings is 1. The monoisotopic (exact) mass is 328 g/mol. The number of carbonyl (C=O) groups excluding carboxylic acids is 1. The van der Waals surface area contributed by atoms with Crippen LogP contribution >= 0.6 is 0 Å². The third kappa shape index (κ3) is 3.56. The van der Waals surface area contributed by atoms with Crippen molar-refractivity contribution < 1.29 is 4.79 Å². The maximum atomic E-state index is 12.4. The Morgan fingerprint density at radius 1 is 1.08 bits per heavy atom. The summed E-state index contributed by atoms with van der Waals surface area (Å²) in [4.78, 5) is 39.3. The first kappa shape index (κ1) is 16.0. The van der Waals surface area contributed by atoms with Crippen LogP contribution in [0.1, 0.15) is 5.56 Å². The Bertz CT molecular complexity index is 847. The van der Waals surface area contributed by atoms with Crippen LogP contribution in [-0.2, 0) is 11.3 Å². The Morgan fingerprint density at radius 2 is 1.83 bits per heavy atom. The van der Waals surface area contributed by atoms with E-state index in [0.29, 0.717) is 13.1 Å². The standard InChI is InChI=1S/C17H20N4O3/c1-13-3-2-4-14(11-13)19-7-9-20(10-8-19)17(24)12-21-16(23)6-5-15(22)18-21/h2-6,11H,7-10,12H2,1H3,(H,18,22). The molecule has 7 nitrogen and oxygen atoms in total. The molecule has 126 valence electrons. The zero-order valence-corrected chi connectivity index (χ0v) is 13.6. The number of carbonyl (C=O) groups is 1. The van der Waals surface area contributed by atoms with Crippen molar-refractivity contribution in [1.29, 1.82) is 0 Å². The number of anilines is 1. The Balaban J connectivity index is 1.62. The van der Waals surface area contributed by atoms with Gasteiger partial charge in [-0.15, -0.1) is 0 Å². The molecule has 24 heavy (non-hydrogen) atoms. The van der Waals surface area contributed by atoms with Crippen LogP contribution in [0.4, 0.5) is 5.69 Å². The zero-order valence-electron chi connectivity index (χ0n) is 13.6. The van der Waals surface area contributed by atoms with Crippen molar-refractivity contribution in [2.45, 2.75) is 13.5 Å². The normalized spacial score (nSPS) is 14.7. The summed E-state index contributed by atoms with van der Waals surface area (Å²) in [6.07, 6.45) is 0. The smallest absolute Gasteiger partial charge is 0.265 e. The van der Waals surface area contributed by atoms with E-state index in [9.17, 15) is 14.4 Å². The predicted molar refractivity (Wildman–Crippen MR) is 91.3 cm³/mol. The summed E-state index contributed by atoms with van der Waals surface area (Å²) in [6.45, 7) is 4.60. The van der Waals surface area contributed by atoms with Gasteiger partial charge in [-0.3, -0.25) is 19.5 Å². The van der Waals surface area contributed by atoms with Crippen molar-refractivity contribution >= 4 is 11.6 Å². The van der Waals surface area contributed by atoms with E-state index in [-0.39, 0.29) is 18.0 Å². The molecule has 1 saturated heterocycles. The number of H-pyrrole nitrogens is 1. The van der Waals surface area contributed by atoms with E-state index in [4.69, 9.17) is 0 Å². The summed E-state index contributed by atoms with van der Waals surface area (Å²) >= 11 is 0. The number of aromatic amines is 1. The second-order valence-electron chi connectivity index (χ2n) is 5.94. The number of rotatable bonds is 3. The van der Waals surface area contributed by atoms with Gasteiger partial charge in [0.05, 0.1) is 0 Å². The first-order valence-electron chi connectivity index (χ1n) is 7.92. The molecule has 0 unspecified atom stereocenters. The fourth-order valence-electron chi connectivity index (χ4n) is 2.85. The van der Waals surface area contributed by atoms with Crippen molar-refractivity contribution in [2.24, 2.45) is 0 Å². The largest absolute Gasteiger partial charge is 0.368 e.